The quantitative estimate of drug-likeness (QED) is 0.388. The predicted octanol–water partition coefficient (Wildman–Crippen LogP) is -1.24. The molecular weight excluding hydrogens is 114 g/mol. The van der Waals surface area contributed by atoms with Gasteiger partial charge in [-0.1, -0.05) is 0 Å². The van der Waals surface area contributed by atoms with Crippen LogP contribution in [0, 0.1) is 0 Å². The van der Waals surface area contributed by atoms with Crippen LogP contribution in [0.15, 0.2) is 0 Å². The van der Waals surface area contributed by atoms with E-state index in [1.165, 1.54) is 0 Å². The summed E-state index contributed by atoms with van der Waals surface area (Å²) in [7, 11) is 0. The van der Waals surface area contributed by atoms with E-state index in [1.54, 1.807) is 0 Å². The van der Waals surface area contributed by atoms with Gasteiger partial charge in [-0.25, -0.2) is 0 Å². The Morgan fingerprint density at radius 2 is 1.57 bits per heavy atom. The molecule has 0 bridgehead atoms. The molecule has 0 aliphatic carbocycles. The van der Waals surface area contributed by atoms with Crippen molar-refractivity contribution in [3.8, 4) is 0 Å². The van der Waals surface area contributed by atoms with Gasteiger partial charge < -0.3 is 21.2 Å². The number of rotatable bonds is 0. The molecule has 5 nitrogen and oxygen atoms in total. The van der Waals surface area contributed by atoms with Gasteiger partial charge in [0.2, 0.25) is 6.16 Å². The van der Waals surface area contributed by atoms with Gasteiger partial charge in [-0.3, -0.25) is 0 Å². The van der Waals surface area contributed by atoms with Crippen LogP contribution in [0.5, 0.6) is 0 Å². The first-order valence-electron chi connectivity index (χ1n) is 0.921. The third-order valence-electron chi connectivity index (χ3n) is 0. The molecule has 0 saturated heterocycles. The maximum atomic E-state index is 8.44. The minimum atomic E-state index is -2.08. The van der Waals surface area contributed by atoms with Gasteiger partial charge in [0.1, 0.15) is 0 Å². The number of quaternary nitrogens is 1. The van der Waals surface area contributed by atoms with Crippen molar-refractivity contribution >= 4 is 27.8 Å². The molecule has 0 aromatic carbocycles. The number of hydrogen-bond acceptors (Lipinski definition) is 3. The molecular formula is CH5MgNO4. The van der Waals surface area contributed by atoms with Crippen LogP contribution in [0.1, 0.15) is 0 Å². The fourth-order valence-corrected chi connectivity index (χ4v) is 0. The maximum absolute atomic E-state index is 8.44. The third-order valence-corrected chi connectivity index (χ3v) is 0. The molecule has 0 radical (unpaired) electrons. The van der Waals surface area contributed by atoms with Crippen LogP contribution in [0.3, 0.4) is 0 Å². The molecule has 0 amide bonds. The minimum absolute atomic E-state index is 0. The monoisotopic (exact) mass is 119 g/mol. The molecule has 0 atom stereocenters. The van der Waals surface area contributed by atoms with Gasteiger partial charge in [0.25, 0.3) is 0 Å². The zero-order valence-corrected chi connectivity index (χ0v) is 5.29. The molecule has 0 saturated carbocycles. The summed E-state index contributed by atoms with van der Waals surface area (Å²) in [6.07, 6.45) is -2.08. The normalized spacial score (nSPS) is 4.29. The second kappa shape index (κ2) is 17.1. The Morgan fingerprint density at radius 1 is 1.57 bits per heavy atom. The zero-order valence-electron chi connectivity index (χ0n) is 3.88. The van der Waals surface area contributed by atoms with Crippen LogP contribution >= 0.6 is 0 Å². The van der Waals surface area contributed by atoms with E-state index >= 15 is 0 Å². The van der Waals surface area contributed by atoms with Crippen LogP contribution in [0.4, 0.5) is 4.79 Å². The Bertz CT molecular complexity index is 43.0. The van der Waals surface area contributed by atoms with Crippen LogP contribution in [0.25, 0.3) is 0 Å². The summed E-state index contributed by atoms with van der Waals surface area (Å²) in [4.78, 5) is 8.44. The van der Waals surface area contributed by atoms with Crippen LogP contribution in [0.2, 0.25) is 0 Å². The second-order valence-electron chi connectivity index (χ2n) is 0.266. The van der Waals surface area contributed by atoms with Crippen molar-refractivity contribution in [1.29, 1.82) is 0 Å². The molecule has 0 heterocycles. The molecule has 6 heteroatoms. The molecule has 0 aromatic heterocycles. The molecule has 7 heavy (non-hydrogen) atoms. The van der Waals surface area contributed by atoms with Crippen LogP contribution in [-0.4, -0.2) is 33.0 Å². The van der Waals surface area contributed by atoms with Crippen molar-refractivity contribution in [2.75, 3.05) is 0 Å². The van der Waals surface area contributed by atoms with Crippen molar-refractivity contribution in [2.45, 2.75) is 0 Å². The van der Waals surface area contributed by atoms with Gasteiger partial charge in [-0.2, -0.15) is 0 Å². The van der Waals surface area contributed by atoms with Gasteiger partial charge in [0.15, 0.2) is 0 Å². The van der Waals surface area contributed by atoms with Gasteiger partial charge in [-0.05, 0) is 0 Å². The molecule has 0 aliphatic heterocycles. The molecule has 0 spiro atoms. The first-order valence-corrected chi connectivity index (χ1v) is 1.50. The number of carbonyl (C=O) groups is 1. The predicted molar refractivity (Wildman–Crippen MR) is 20.5 cm³/mol. The Hall–Kier alpha value is -0.204. The van der Waals surface area contributed by atoms with E-state index in [0.29, 0.717) is 21.7 Å². The van der Waals surface area contributed by atoms with E-state index in [-0.39, 0.29) is 6.15 Å². The van der Waals surface area contributed by atoms with E-state index in [9.17, 15) is 0 Å². The van der Waals surface area contributed by atoms with Crippen LogP contribution < -0.4 is 11.3 Å². The van der Waals surface area contributed by atoms with E-state index in [2.05, 4.69) is 0 Å². The van der Waals surface area contributed by atoms with Gasteiger partial charge in [0, 0.05) is 0 Å². The summed E-state index contributed by atoms with van der Waals surface area (Å²) in [5.74, 6) is 0. The van der Waals surface area contributed by atoms with Gasteiger partial charge >= 0.3 is 24.9 Å². The van der Waals surface area contributed by atoms with Crippen molar-refractivity contribution in [3.05, 3.63) is 0 Å². The molecule has 0 aliphatic rings. The fraction of sp³-hybridized carbons (Fsp3) is 0. The summed E-state index contributed by atoms with van der Waals surface area (Å²) in [6, 6.07) is 0. The molecule has 0 fully saturated rings. The van der Waals surface area contributed by atoms with E-state index in [0.717, 1.165) is 0 Å². The standard InChI is InChI=1S/CH2O3.Mg.H3N.O/c2-1(3)4;;;/h(H2,2,3,4);;1H3;. The Kier molecular flexibility index (Phi) is 38.6. The second-order valence-corrected chi connectivity index (χ2v) is 0.266. The van der Waals surface area contributed by atoms with Crippen molar-refractivity contribution < 1.29 is 18.2 Å². The van der Waals surface area contributed by atoms with Crippen molar-refractivity contribution in [2.24, 2.45) is 0 Å². The topological polar surface area (TPSA) is 114 Å². The van der Waals surface area contributed by atoms with Crippen molar-refractivity contribution in [3.63, 3.8) is 0 Å². The summed E-state index contributed by atoms with van der Waals surface area (Å²) >= 11 is 0.611. The van der Waals surface area contributed by atoms with E-state index < -0.39 is 6.16 Å². The third kappa shape index (κ3) is 2010. The van der Waals surface area contributed by atoms with Crippen LogP contribution in [-0.2, 0) is 3.17 Å². The van der Waals surface area contributed by atoms with Gasteiger partial charge in [0.05, 0.1) is 0 Å². The SMILES string of the molecule is O=C([O-])O.[NH4+].[O]=[Mg]. The Balaban J connectivity index is -0.0000000480. The average Bonchev–Trinajstić information content (AvgIpc) is 1.41. The number of carboxylic acid groups (broad SMARTS) is 2. The van der Waals surface area contributed by atoms with Crippen molar-refractivity contribution in [1.82, 2.24) is 6.15 Å². The molecule has 0 rings (SSSR count). The number of hydrogen-bond donors (Lipinski definition) is 2. The molecule has 5 N–H and O–H groups in total. The average molecular weight is 119 g/mol. The summed E-state index contributed by atoms with van der Waals surface area (Å²) in [6.45, 7) is 0. The Morgan fingerprint density at radius 3 is 1.57 bits per heavy atom. The first-order chi connectivity index (χ1) is 2.73. The Labute approximate surface area is 52.7 Å². The first kappa shape index (κ1) is 15.8. The summed E-state index contributed by atoms with van der Waals surface area (Å²) < 4.78 is 8.28. The molecule has 40 valence electrons. The van der Waals surface area contributed by atoms with E-state index in [1.807, 2.05) is 0 Å². The molecule has 0 unspecified atom stereocenters. The fourth-order valence-electron chi connectivity index (χ4n) is 0. The zero-order chi connectivity index (χ0) is 5.58. The summed E-state index contributed by atoms with van der Waals surface area (Å²) in [5.41, 5.74) is 0. The molecule has 0 aromatic rings. The summed E-state index contributed by atoms with van der Waals surface area (Å²) in [5, 5.41) is 15.3. The van der Waals surface area contributed by atoms with Gasteiger partial charge in [-0.15, -0.1) is 0 Å². The van der Waals surface area contributed by atoms with E-state index in [4.69, 9.17) is 18.2 Å².